The Labute approximate surface area is 131 Å². The van der Waals surface area contributed by atoms with Crippen molar-refractivity contribution >= 4 is 11.8 Å². The first-order valence-electron chi connectivity index (χ1n) is 5.32. The van der Waals surface area contributed by atoms with Crippen molar-refractivity contribution in [3.8, 4) is 0 Å². The van der Waals surface area contributed by atoms with Gasteiger partial charge in [0.2, 0.25) is 0 Å². The van der Waals surface area contributed by atoms with Gasteiger partial charge in [-0.05, 0) is 47.2 Å². The summed E-state index contributed by atoms with van der Waals surface area (Å²) < 4.78 is 0. The molecule has 0 aliphatic carbocycles. The van der Waals surface area contributed by atoms with E-state index in [2.05, 4.69) is 20.2 Å². The summed E-state index contributed by atoms with van der Waals surface area (Å²) in [5.74, 6) is 11.7. The summed E-state index contributed by atoms with van der Waals surface area (Å²) in [6, 6.07) is 6.06. The van der Waals surface area contributed by atoms with Gasteiger partial charge in [-0.15, -0.1) is 0 Å². The van der Waals surface area contributed by atoms with Crippen molar-refractivity contribution < 1.29 is 26.7 Å². The van der Waals surface area contributed by atoms with Crippen LogP contribution in [0.5, 0.6) is 0 Å². The van der Waals surface area contributed by atoms with Crippen molar-refractivity contribution in [1.82, 2.24) is 9.97 Å². The zero-order valence-electron chi connectivity index (χ0n) is 10.5. The summed E-state index contributed by atoms with van der Waals surface area (Å²) in [6.07, 6.45) is 5.94. The normalized spacial score (nSPS) is 10.9. The Morgan fingerprint density at radius 3 is 1.29 bits per heavy atom. The van der Waals surface area contributed by atoms with Gasteiger partial charge in [0, 0.05) is 24.8 Å². The van der Waals surface area contributed by atoms with Crippen molar-refractivity contribution in [3.63, 3.8) is 0 Å². The van der Waals surface area contributed by atoms with E-state index in [1.54, 1.807) is 0 Å². The van der Waals surface area contributed by atoms with Crippen molar-refractivity contribution in [1.29, 1.82) is 0 Å². The van der Waals surface area contributed by atoms with E-state index >= 15 is 0 Å². The summed E-state index contributed by atoms with van der Waals surface area (Å²) in [4.78, 5) is 7.41. The molecule has 2 aromatic heterocycles. The Morgan fingerprint density at radius 1 is 0.762 bits per heavy atom. The number of hydrogen-bond acceptors (Lipinski definition) is 6. The van der Waals surface area contributed by atoms with Gasteiger partial charge in [-0.2, -0.15) is 0 Å². The van der Waals surface area contributed by atoms with Gasteiger partial charge in [0.1, 0.15) is 0 Å². The molecule has 0 amide bonds. The maximum absolute atomic E-state index is 10.6. The molecule has 0 spiro atoms. The molecule has 0 saturated heterocycles. The molecule has 2 rings (SSSR count). The van der Waals surface area contributed by atoms with E-state index in [0.29, 0.717) is 11.1 Å². The summed E-state index contributed by atoms with van der Waals surface area (Å²) >= 11 is 0. The van der Waals surface area contributed by atoms with Crippen LogP contribution in [0.25, 0.3) is 11.7 Å². The number of aromatic nitrogens is 2. The molecule has 0 aliphatic rings. The first-order valence-corrected chi connectivity index (χ1v) is 5.32. The van der Waals surface area contributed by atoms with Gasteiger partial charge in [-0.25, -0.2) is 0 Å². The molecular weight excluding hydrogens is 319 g/mol. The molecule has 0 atom stereocenters. The quantitative estimate of drug-likeness (QED) is 0.338. The summed E-state index contributed by atoms with van der Waals surface area (Å²) in [5.41, 5.74) is 0.787. The second-order valence-electron chi connectivity index (χ2n) is 3.31. The van der Waals surface area contributed by atoms with Crippen LogP contribution in [-0.4, -0.2) is 21.8 Å². The van der Waals surface area contributed by atoms with E-state index in [4.69, 9.17) is 11.7 Å². The molecule has 0 unspecified atom stereocenters. The third-order valence-electron chi connectivity index (χ3n) is 2.06. The molecule has 0 saturated carbocycles. The van der Waals surface area contributed by atoms with E-state index in [9.17, 15) is 10.2 Å². The minimum absolute atomic E-state index is 0. The fourth-order valence-electron chi connectivity index (χ4n) is 1.12. The minimum atomic E-state index is -0.539. The average Bonchev–Trinajstić information content (AvgIpc) is 2.55. The first kappa shape index (κ1) is 18.3. The predicted molar refractivity (Wildman–Crippen MR) is 70.2 cm³/mol. The predicted octanol–water partition coefficient (Wildman–Crippen LogP) is 0.309. The topological polar surface area (TPSA) is 144 Å². The number of pyridine rings is 2. The van der Waals surface area contributed by atoms with Crippen molar-refractivity contribution in [2.75, 3.05) is 0 Å². The van der Waals surface area contributed by atoms with Gasteiger partial charge in [0.05, 0.1) is 0 Å². The Bertz CT molecular complexity index is 523. The van der Waals surface area contributed by atoms with Gasteiger partial charge in [-0.3, -0.25) is 9.97 Å². The van der Waals surface area contributed by atoms with Crippen LogP contribution in [0.4, 0.5) is 0 Å². The van der Waals surface area contributed by atoms with Crippen LogP contribution in [0, 0.1) is 0 Å². The summed E-state index contributed by atoms with van der Waals surface area (Å²) in [5, 5.41) is 26.7. The molecule has 0 bridgehead atoms. The molecule has 2 N–H and O–H groups in total. The molecule has 8 nitrogen and oxygen atoms in total. The Hall–Kier alpha value is -2.67. The van der Waals surface area contributed by atoms with Gasteiger partial charge < -0.3 is 32.1 Å². The van der Waals surface area contributed by atoms with Gasteiger partial charge in [0.25, 0.3) is 0 Å². The van der Waals surface area contributed by atoms with Crippen LogP contribution in [0.2, 0.25) is 0 Å². The van der Waals surface area contributed by atoms with Crippen LogP contribution < -0.4 is 10.2 Å². The number of nitrogens with zero attached hydrogens (tertiary/aromatic N) is 4. The molecule has 21 heavy (non-hydrogen) atoms. The molecule has 2 aromatic rings. The summed E-state index contributed by atoms with van der Waals surface area (Å²) in [7, 11) is 0. The largest absolute Gasteiger partial charge is 2.00 e. The number of hydrogen-bond donors (Lipinski definition) is 0. The zero-order chi connectivity index (χ0) is 14.8. The van der Waals surface area contributed by atoms with E-state index in [-0.39, 0.29) is 16.5 Å². The summed E-state index contributed by atoms with van der Waals surface area (Å²) in [6.45, 7) is 0. The molecule has 112 valence electrons. The zero-order valence-corrected chi connectivity index (χ0v) is 11.5. The van der Waals surface area contributed by atoms with Gasteiger partial charge in [-0.1, -0.05) is 0 Å². The second-order valence-corrected chi connectivity index (χ2v) is 3.31. The number of nitrogens with one attached hydrogen (secondary N) is 2. The molecule has 0 fully saturated rings. The van der Waals surface area contributed by atoms with Crippen molar-refractivity contribution in [3.05, 3.63) is 71.9 Å². The van der Waals surface area contributed by atoms with E-state index in [1.807, 2.05) is 0 Å². The average molecular weight is 329 g/mol. The van der Waals surface area contributed by atoms with E-state index in [1.165, 1.54) is 49.1 Å². The monoisotopic (exact) mass is 328 g/mol. The van der Waals surface area contributed by atoms with Crippen LogP contribution in [0.15, 0.2) is 59.3 Å². The van der Waals surface area contributed by atoms with Gasteiger partial charge in [0.15, 0.2) is 0 Å². The van der Waals surface area contributed by atoms with Gasteiger partial charge >= 0.3 is 16.5 Å². The van der Waals surface area contributed by atoms with E-state index < -0.39 is 11.8 Å². The van der Waals surface area contributed by atoms with Crippen LogP contribution in [0.1, 0.15) is 11.1 Å². The van der Waals surface area contributed by atoms with Crippen LogP contribution in [-0.2, 0) is 16.5 Å². The SMILES string of the molecule is [NH-]/N=C(\[O-])c1ccncc1.[NH-]/N=C(\[O-])c1ccncc1.[Ni+2]. The third-order valence-corrected chi connectivity index (χ3v) is 2.06. The van der Waals surface area contributed by atoms with Crippen molar-refractivity contribution in [2.24, 2.45) is 10.2 Å². The molecule has 2 heterocycles. The first-order chi connectivity index (χ1) is 9.69. The standard InChI is InChI=1S/2C6H6N3O.Ni/c2*7-9-6(10)5-1-3-8-4-2-5;/h2*1-4H,(H2-,7,8,9,10);/q2*-1;+2/p-2. The van der Waals surface area contributed by atoms with Crippen LogP contribution >= 0.6 is 0 Å². The fourth-order valence-corrected chi connectivity index (χ4v) is 1.12. The molecule has 0 aliphatic heterocycles. The maximum atomic E-state index is 10.6. The minimum Gasteiger partial charge on any atom is -0.859 e. The molecular formula is C12H10N6NiO2-2. The van der Waals surface area contributed by atoms with E-state index in [0.717, 1.165) is 0 Å². The Morgan fingerprint density at radius 2 is 1.05 bits per heavy atom. The Balaban J connectivity index is 0.000000364. The molecule has 0 aromatic carbocycles. The maximum Gasteiger partial charge on any atom is 2.00 e. The molecule has 9 heteroatoms. The molecule has 0 radical (unpaired) electrons. The number of rotatable bonds is 2. The van der Waals surface area contributed by atoms with Crippen LogP contribution in [0.3, 0.4) is 0 Å². The smallest absolute Gasteiger partial charge is 0.859 e. The fraction of sp³-hybridized carbons (Fsp3) is 0. The second kappa shape index (κ2) is 10.2. The van der Waals surface area contributed by atoms with Crippen molar-refractivity contribution in [2.45, 2.75) is 0 Å². The Kier molecular flexibility index (Phi) is 8.87. The third kappa shape index (κ3) is 6.35.